The number of nitrogens with two attached hydrogens (primary N) is 1. The van der Waals surface area contributed by atoms with E-state index >= 15 is 0 Å². The highest BCUT2D eigenvalue weighted by Crippen LogP contribution is 2.29. The molecule has 0 radical (unpaired) electrons. The van der Waals surface area contributed by atoms with Crippen LogP contribution in [-0.2, 0) is 6.54 Å². The number of halogens is 1. The number of aromatic nitrogens is 2. The van der Waals surface area contributed by atoms with E-state index in [4.69, 9.17) is 22.1 Å². The van der Waals surface area contributed by atoms with Crippen molar-refractivity contribution in [1.29, 1.82) is 0 Å². The van der Waals surface area contributed by atoms with E-state index in [0.29, 0.717) is 28.9 Å². The first-order chi connectivity index (χ1) is 9.92. The lowest BCUT2D eigenvalue weighted by molar-refractivity contribution is 0.415. The van der Waals surface area contributed by atoms with Crippen molar-refractivity contribution < 1.29 is 4.74 Å². The molecule has 1 aromatic heterocycles. The highest BCUT2D eigenvalue weighted by Gasteiger charge is 2.10. The maximum atomic E-state index is 12.0. The van der Waals surface area contributed by atoms with Gasteiger partial charge in [0, 0.05) is 12.1 Å². The quantitative estimate of drug-likeness (QED) is 0.943. The number of nitrogens with zero attached hydrogens (tertiary/aromatic N) is 2. The molecule has 1 heterocycles. The van der Waals surface area contributed by atoms with Crippen LogP contribution in [0.25, 0.3) is 11.3 Å². The van der Waals surface area contributed by atoms with E-state index < -0.39 is 0 Å². The highest BCUT2D eigenvalue weighted by atomic mass is 35.5. The summed E-state index contributed by atoms with van der Waals surface area (Å²) < 4.78 is 6.52. The average Bonchev–Trinajstić information content (AvgIpc) is 2.43. The number of nitrogen functional groups attached to an aromatic ring is 1. The Kier molecular flexibility index (Phi) is 4.53. The topological polar surface area (TPSA) is 70.1 Å². The molecule has 21 heavy (non-hydrogen) atoms. The minimum Gasteiger partial charge on any atom is -0.495 e. The van der Waals surface area contributed by atoms with Gasteiger partial charge in [0.25, 0.3) is 5.56 Å². The number of ether oxygens (including phenoxy) is 1. The molecule has 112 valence electrons. The number of hydrogen-bond acceptors (Lipinski definition) is 4. The van der Waals surface area contributed by atoms with Gasteiger partial charge in [-0.25, -0.2) is 4.68 Å². The van der Waals surface area contributed by atoms with E-state index in [2.05, 4.69) is 5.10 Å². The Morgan fingerprint density at radius 1 is 1.38 bits per heavy atom. The van der Waals surface area contributed by atoms with Crippen LogP contribution >= 0.6 is 11.6 Å². The summed E-state index contributed by atoms with van der Waals surface area (Å²) in [6.07, 6.45) is 0. The molecule has 0 saturated carbocycles. The first-order valence-electron chi connectivity index (χ1n) is 6.64. The number of hydrogen-bond donors (Lipinski definition) is 1. The molecule has 5 nitrogen and oxygen atoms in total. The Balaban J connectivity index is 2.51. The second-order valence-electron chi connectivity index (χ2n) is 5.22. The fourth-order valence-electron chi connectivity index (χ4n) is 2.00. The van der Waals surface area contributed by atoms with Gasteiger partial charge >= 0.3 is 0 Å². The molecule has 2 aromatic rings. The van der Waals surface area contributed by atoms with Crippen molar-refractivity contribution >= 4 is 17.3 Å². The highest BCUT2D eigenvalue weighted by molar-refractivity contribution is 6.32. The summed E-state index contributed by atoms with van der Waals surface area (Å²) in [5, 5.41) is 4.85. The van der Waals surface area contributed by atoms with Gasteiger partial charge < -0.3 is 10.5 Å². The van der Waals surface area contributed by atoms with E-state index in [-0.39, 0.29) is 11.2 Å². The molecule has 0 bridgehead atoms. The van der Waals surface area contributed by atoms with Gasteiger partial charge in [-0.05, 0) is 30.2 Å². The molecule has 6 heteroatoms. The van der Waals surface area contributed by atoms with Crippen LogP contribution in [0.2, 0.25) is 5.02 Å². The average molecular weight is 308 g/mol. The molecule has 0 atom stereocenters. The first-order valence-corrected chi connectivity index (χ1v) is 7.01. The maximum Gasteiger partial charge on any atom is 0.289 e. The van der Waals surface area contributed by atoms with Crippen LogP contribution in [0.5, 0.6) is 5.75 Å². The van der Waals surface area contributed by atoms with Crippen LogP contribution in [0.4, 0.5) is 5.69 Å². The van der Waals surface area contributed by atoms with Crippen LogP contribution in [0.1, 0.15) is 13.8 Å². The smallest absolute Gasteiger partial charge is 0.289 e. The molecule has 0 aliphatic heterocycles. The van der Waals surface area contributed by atoms with Crippen molar-refractivity contribution in [3.63, 3.8) is 0 Å². The van der Waals surface area contributed by atoms with E-state index in [0.717, 1.165) is 5.56 Å². The summed E-state index contributed by atoms with van der Waals surface area (Å²) in [5.41, 5.74) is 7.09. The molecule has 0 saturated heterocycles. The molecular formula is C15H18ClN3O2. The molecule has 2 N–H and O–H groups in total. The van der Waals surface area contributed by atoms with E-state index in [1.54, 1.807) is 25.3 Å². The lowest BCUT2D eigenvalue weighted by Gasteiger charge is -2.11. The molecule has 0 spiro atoms. The Bertz CT molecular complexity index is 711. The summed E-state index contributed by atoms with van der Waals surface area (Å²) in [5.74, 6) is 0.883. The summed E-state index contributed by atoms with van der Waals surface area (Å²) in [7, 11) is 1.56. The third-order valence-electron chi connectivity index (χ3n) is 2.99. The first kappa shape index (κ1) is 15.4. The summed E-state index contributed by atoms with van der Waals surface area (Å²) >= 11 is 6.12. The Morgan fingerprint density at radius 3 is 2.67 bits per heavy atom. The van der Waals surface area contributed by atoms with Gasteiger partial charge in [0.05, 0.1) is 17.8 Å². The van der Waals surface area contributed by atoms with Gasteiger partial charge in [-0.3, -0.25) is 4.79 Å². The largest absolute Gasteiger partial charge is 0.495 e. The van der Waals surface area contributed by atoms with Crippen molar-refractivity contribution in [1.82, 2.24) is 9.78 Å². The molecule has 0 fully saturated rings. The minimum atomic E-state index is -0.271. The van der Waals surface area contributed by atoms with Gasteiger partial charge in [0.1, 0.15) is 11.4 Å². The summed E-state index contributed by atoms with van der Waals surface area (Å²) in [4.78, 5) is 12.0. The number of anilines is 1. The maximum absolute atomic E-state index is 12.0. The van der Waals surface area contributed by atoms with Crippen LogP contribution < -0.4 is 16.0 Å². The summed E-state index contributed by atoms with van der Waals surface area (Å²) in [6.45, 7) is 4.54. The van der Waals surface area contributed by atoms with E-state index in [1.165, 1.54) is 4.68 Å². The Hall–Kier alpha value is -2.01. The van der Waals surface area contributed by atoms with E-state index in [1.807, 2.05) is 19.9 Å². The van der Waals surface area contributed by atoms with Crippen LogP contribution in [0, 0.1) is 5.92 Å². The minimum absolute atomic E-state index is 0.174. The summed E-state index contributed by atoms with van der Waals surface area (Å²) in [6, 6.07) is 6.90. The lowest BCUT2D eigenvalue weighted by Crippen LogP contribution is -2.27. The lowest BCUT2D eigenvalue weighted by atomic mass is 10.1. The number of methoxy groups -OCH3 is 1. The predicted octanol–water partition coefficient (Wildman–Crippen LogP) is 2.81. The number of rotatable bonds is 4. The fourth-order valence-corrected chi connectivity index (χ4v) is 2.26. The molecule has 0 unspecified atom stereocenters. The van der Waals surface area contributed by atoms with Gasteiger partial charge in [0.2, 0.25) is 0 Å². The van der Waals surface area contributed by atoms with Gasteiger partial charge in [-0.1, -0.05) is 25.4 Å². The number of benzene rings is 1. The van der Waals surface area contributed by atoms with Crippen molar-refractivity contribution in [3.8, 4) is 17.0 Å². The zero-order valence-corrected chi connectivity index (χ0v) is 13.0. The SMILES string of the molecule is COc1ccc(-c2cc(N)c(=O)n(CC(C)C)n2)cc1Cl. The van der Waals surface area contributed by atoms with Gasteiger partial charge in [-0.15, -0.1) is 0 Å². The zero-order valence-electron chi connectivity index (χ0n) is 12.3. The normalized spacial score (nSPS) is 10.9. The van der Waals surface area contributed by atoms with Gasteiger partial charge in [0.15, 0.2) is 0 Å². The fraction of sp³-hybridized carbons (Fsp3) is 0.333. The monoisotopic (exact) mass is 307 g/mol. The standard InChI is InChI=1S/C15H18ClN3O2/c1-9(2)8-19-15(20)12(17)7-13(18-19)10-4-5-14(21-3)11(16)6-10/h4-7,9H,8,17H2,1-3H3. The third-order valence-corrected chi connectivity index (χ3v) is 3.28. The molecule has 0 aliphatic rings. The van der Waals surface area contributed by atoms with Crippen molar-refractivity contribution in [2.75, 3.05) is 12.8 Å². The van der Waals surface area contributed by atoms with Gasteiger partial charge in [-0.2, -0.15) is 5.10 Å². The molecule has 0 aliphatic carbocycles. The Labute approximate surface area is 128 Å². The zero-order chi connectivity index (χ0) is 15.6. The van der Waals surface area contributed by atoms with Crippen LogP contribution in [-0.4, -0.2) is 16.9 Å². The van der Waals surface area contributed by atoms with E-state index in [9.17, 15) is 4.79 Å². The molecule has 1 aromatic carbocycles. The molecule has 0 amide bonds. The third kappa shape index (κ3) is 3.36. The second-order valence-corrected chi connectivity index (χ2v) is 5.62. The van der Waals surface area contributed by atoms with Crippen LogP contribution in [0.3, 0.4) is 0 Å². The Morgan fingerprint density at radius 2 is 2.10 bits per heavy atom. The van der Waals surface area contributed by atoms with Crippen molar-refractivity contribution in [2.24, 2.45) is 5.92 Å². The second kappa shape index (κ2) is 6.18. The predicted molar refractivity (Wildman–Crippen MR) is 84.7 cm³/mol. The molecule has 2 rings (SSSR count). The molecular weight excluding hydrogens is 290 g/mol. The van der Waals surface area contributed by atoms with Crippen molar-refractivity contribution in [2.45, 2.75) is 20.4 Å². The van der Waals surface area contributed by atoms with Crippen molar-refractivity contribution in [3.05, 3.63) is 39.6 Å². The van der Waals surface area contributed by atoms with Crippen LogP contribution in [0.15, 0.2) is 29.1 Å².